The highest BCUT2D eigenvalue weighted by atomic mass is 16.5. The molecule has 2 aromatic carbocycles. The zero-order valence-corrected chi connectivity index (χ0v) is 11.6. The van der Waals surface area contributed by atoms with Crippen LogP contribution in [-0.2, 0) is 0 Å². The second kappa shape index (κ2) is 4.59. The van der Waals surface area contributed by atoms with Crippen LogP contribution in [0.1, 0.15) is 0 Å². The summed E-state index contributed by atoms with van der Waals surface area (Å²) in [7, 11) is 1.67. The Morgan fingerprint density at radius 3 is 2.86 bits per heavy atom. The van der Waals surface area contributed by atoms with E-state index in [1.807, 2.05) is 48.7 Å². The van der Waals surface area contributed by atoms with E-state index in [4.69, 9.17) is 9.72 Å². The van der Waals surface area contributed by atoms with Crippen molar-refractivity contribution >= 4 is 16.8 Å². The maximum absolute atomic E-state index is 5.27. The normalized spacial score (nSPS) is 11.1. The SMILES string of the molecule is COc1cccc(-c2cc[n+]3c(n2)[nH]c2ccccc23)c1. The van der Waals surface area contributed by atoms with Crippen molar-refractivity contribution in [3.8, 4) is 17.0 Å². The monoisotopic (exact) mass is 276 g/mol. The van der Waals surface area contributed by atoms with Gasteiger partial charge in [-0.1, -0.05) is 29.2 Å². The minimum absolute atomic E-state index is 0.830. The molecule has 102 valence electrons. The molecular weight excluding hydrogens is 262 g/mol. The maximum Gasteiger partial charge on any atom is 0.402 e. The molecule has 0 spiro atoms. The molecule has 21 heavy (non-hydrogen) atoms. The van der Waals surface area contributed by atoms with Crippen molar-refractivity contribution in [2.24, 2.45) is 0 Å². The number of aromatic amines is 1. The quantitative estimate of drug-likeness (QED) is 0.572. The average molecular weight is 276 g/mol. The lowest BCUT2D eigenvalue weighted by Crippen LogP contribution is -2.20. The largest absolute Gasteiger partial charge is 0.497 e. The van der Waals surface area contributed by atoms with Gasteiger partial charge in [0.05, 0.1) is 13.3 Å². The molecule has 0 aliphatic rings. The first-order valence-electron chi connectivity index (χ1n) is 6.79. The summed E-state index contributed by atoms with van der Waals surface area (Å²) in [6.07, 6.45) is 2.04. The van der Waals surface area contributed by atoms with Gasteiger partial charge in [0, 0.05) is 11.6 Å². The summed E-state index contributed by atoms with van der Waals surface area (Å²) in [6.45, 7) is 0. The predicted octanol–water partition coefficient (Wildman–Crippen LogP) is 2.98. The van der Waals surface area contributed by atoms with Gasteiger partial charge in [-0.25, -0.2) is 4.98 Å². The Morgan fingerprint density at radius 2 is 1.95 bits per heavy atom. The van der Waals surface area contributed by atoms with E-state index in [1.165, 1.54) is 0 Å². The number of rotatable bonds is 2. The Hall–Kier alpha value is -2.88. The number of imidazole rings is 1. The van der Waals surface area contributed by atoms with E-state index in [2.05, 4.69) is 21.5 Å². The van der Waals surface area contributed by atoms with Gasteiger partial charge >= 0.3 is 5.78 Å². The van der Waals surface area contributed by atoms with Crippen molar-refractivity contribution in [1.29, 1.82) is 0 Å². The summed E-state index contributed by atoms with van der Waals surface area (Å²) in [6, 6.07) is 18.1. The van der Waals surface area contributed by atoms with Crippen LogP contribution in [0.3, 0.4) is 0 Å². The average Bonchev–Trinajstić information content (AvgIpc) is 2.92. The number of hydrogen-bond acceptors (Lipinski definition) is 2. The van der Waals surface area contributed by atoms with Crippen LogP contribution in [0, 0.1) is 0 Å². The van der Waals surface area contributed by atoms with Crippen molar-refractivity contribution in [2.45, 2.75) is 0 Å². The highest BCUT2D eigenvalue weighted by Gasteiger charge is 2.14. The minimum Gasteiger partial charge on any atom is -0.497 e. The Labute approximate surface area is 121 Å². The van der Waals surface area contributed by atoms with Gasteiger partial charge in [-0.3, -0.25) is 0 Å². The lowest BCUT2D eigenvalue weighted by Gasteiger charge is -2.01. The topological polar surface area (TPSA) is 42.0 Å². The summed E-state index contributed by atoms with van der Waals surface area (Å²) in [5.41, 5.74) is 4.15. The molecule has 4 aromatic rings. The summed E-state index contributed by atoms with van der Waals surface area (Å²) >= 11 is 0. The first kappa shape index (κ1) is 11.9. The molecule has 0 bridgehead atoms. The molecule has 0 saturated carbocycles. The fourth-order valence-electron chi connectivity index (χ4n) is 2.56. The van der Waals surface area contributed by atoms with Gasteiger partial charge in [0.25, 0.3) is 0 Å². The number of ether oxygens (including phenoxy) is 1. The van der Waals surface area contributed by atoms with Crippen LogP contribution in [0.15, 0.2) is 60.8 Å². The number of hydrogen-bond donors (Lipinski definition) is 1. The number of para-hydroxylation sites is 2. The Kier molecular flexibility index (Phi) is 2.60. The van der Waals surface area contributed by atoms with Gasteiger partial charge in [-0.15, -0.1) is 0 Å². The van der Waals surface area contributed by atoms with Gasteiger partial charge in [0.1, 0.15) is 16.8 Å². The summed E-state index contributed by atoms with van der Waals surface area (Å²) in [5.74, 6) is 1.66. The molecule has 0 unspecified atom stereocenters. The van der Waals surface area contributed by atoms with Crippen LogP contribution in [-0.4, -0.2) is 17.1 Å². The third-order valence-corrected chi connectivity index (χ3v) is 3.61. The van der Waals surface area contributed by atoms with Crippen LogP contribution < -0.4 is 9.14 Å². The number of H-pyrrole nitrogens is 1. The third-order valence-electron chi connectivity index (χ3n) is 3.61. The van der Waals surface area contributed by atoms with Crippen molar-refractivity contribution in [3.63, 3.8) is 0 Å². The van der Waals surface area contributed by atoms with Gasteiger partial charge in [-0.2, -0.15) is 4.40 Å². The molecule has 4 nitrogen and oxygen atoms in total. The predicted molar refractivity (Wildman–Crippen MR) is 81.2 cm³/mol. The third kappa shape index (κ3) is 1.92. The van der Waals surface area contributed by atoms with Gasteiger partial charge in [-0.05, 0) is 24.3 Å². The zero-order chi connectivity index (χ0) is 14.2. The van der Waals surface area contributed by atoms with Crippen molar-refractivity contribution in [1.82, 2.24) is 9.97 Å². The second-order valence-electron chi connectivity index (χ2n) is 4.88. The molecule has 0 saturated heterocycles. The van der Waals surface area contributed by atoms with Crippen molar-refractivity contribution in [2.75, 3.05) is 7.11 Å². The lowest BCUT2D eigenvalue weighted by atomic mass is 10.1. The summed E-state index contributed by atoms with van der Waals surface area (Å²) < 4.78 is 7.33. The maximum atomic E-state index is 5.27. The highest BCUT2D eigenvalue weighted by Crippen LogP contribution is 2.22. The minimum atomic E-state index is 0.830. The molecule has 4 rings (SSSR count). The van der Waals surface area contributed by atoms with Crippen molar-refractivity contribution < 1.29 is 9.14 Å². The van der Waals surface area contributed by atoms with Gasteiger partial charge in [0.2, 0.25) is 0 Å². The van der Waals surface area contributed by atoms with Gasteiger partial charge in [0.15, 0.2) is 5.69 Å². The van der Waals surface area contributed by atoms with Crippen LogP contribution in [0.5, 0.6) is 5.75 Å². The fraction of sp³-hybridized carbons (Fsp3) is 0.0588. The molecule has 0 atom stereocenters. The number of fused-ring (bicyclic) bond motifs is 3. The van der Waals surface area contributed by atoms with E-state index in [0.29, 0.717) is 0 Å². The number of methoxy groups -OCH3 is 1. The van der Waals surface area contributed by atoms with Crippen LogP contribution >= 0.6 is 0 Å². The van der Waals surface area contributed by atoms with Gasteiger partial charge < -0.3 is 4.74 Å². The fourth-order valence-corrected chi connectivity index (χ4v) is 2.56. The van der Waals surface area contributed by atoms with Crippen LogP contribution in [0.25, 0.3) is 28.1 Å². The molecule has 0 aliphatic carbocycles. The second-order valence-corrected chi connectivity index (χ2v) is 4.88. The number of nitrogens with one attached hydrogen (secondary N) is 1. The van der Waals surface area contributed by atoms with E-state index in [9.17, 15) is 0 Å². The molecule has 0 amide bonds. The zero-order valence-electron chi connectivity index (χ0n) is 11.6. The van der Waals surface area contributed by atoms with Crippen molar-refractivity contribution in [3.05, 3.63) is 60.8 Å². The molecular formula is C17H14N3O+. The van der Waals surface area contributed by atoms with E-state index in [1.54, 1.807) is 7.11 Å². The first-order chi connectivity index (χ1) is 10.3. The Balaban J connectivity index is 1.92. The first-order valence-corrected chi connectivity index (χ1v) is 6.79. The lowest BCUT2D eigenvalue weighted by molar-refractivity contribution is -0.483. The molecule has 4 heteroatoms. The van der Waals surface area contributed by atoms with Crippen LogP contribution in [0.4, 0.5) is 0 Å². The van der Waals surface area contributed by atoms with E-state index >= 15 is 0 Å². The molecule has 2 aromatic heterocycles. The molecule has 0 radical (unpaired) electrons. The summed E-state index contributed by atoms with van der Waals surface area (Å²) in [5, 5.41) is 0. The standard InChI is InChI=1S/C17H13N3O/c1-21-13-6-4-5-12(11-13)14-9-10-20-16-8-3-2-7-15(16)19-17(20)18-14/h2-11H,1H3/p+1. The number of nitrogens with zero attached hydrogens (tertiary/aromatic N) is 2. The molecule has 2 heterocycles. The molecule has 0 fully saturated rings. The molecule has 0 aliphatic heterocycles. The highest BCUT2D eigenvalue weighted by molar-refractivity contribution is 5.73. The number of aromatic nitrogens is 3. The summed E-state index contributed by atoms with van der Waals surface area (Å²) in [4.78, 5) is 8.05. The molecule has 1 N–H and O–H groups in total. The Morgan fingerprint density at radius 1 is 1.05 bits per heavy atom. The smallest absolute Gasteiger partial charge is 0.402 e. The van der Waals surface area contributed by atoms with E-state index in [-0.39, 0.29) is 0 Å². The Bertz CT molecular complexity index is 943. The number of benzene rings is 2. The van der Waals surface area contributed by atoms with E-state index in [0.717, 1.165) is 33.8 Å². The van der Waals surface area contributed by atoms with E-state index < -0.39 is 0 Å². The van der Waals surface area contributed by atoms with Crippen LogP contribution in [0.2, 0.25) is 0 Å².